The van der Waals surface area contributed by atoms with Gasteiger partial charge in [-0.2, -0.15) is 0 Å². The molecule has 0 fully saturated rings. The zero-order valence-corrected chi connectivity index (χ0v) is 19.2. The highest BCUT2D eigenvalue weighted by molar-refractivity contribution is 9.12. The predicted molar refractivity (Wildman–Crippen MR) is 124 cm³/mol. The summed E-state index contributed by atoms with van der Waals surface area (Å²) in [6, 6.07) is 18.4. The number of halogens is 3. The molecule has 0 bridgehead atoms. The Morgan fingerprint density at radius 1 is 0.656 bits per heavy atom. The van der Waals surface area contributed by atoms with Gasteiger partial charge in [0, 0.05) is 11.1 Å². The maximum atomic E-state index is 13.6. The number of allylic oxidation sites excluding steroid dienone is 2. The number of imide groups is 1. The van der Waals surface area contributed by atoms with Gasteiger partial charge in [-0.1, -0.05) is 71.7 Å². The van der Waals surface area contributed by atoms with Crippen LogP contribution in [0, 0.1) is 0 Å². The molecule has 0 aliphatic heterocycles. The number of carbonyl (C=O) groups excluding carboxylic acids is 4. The first-order chi connectivity index (χ1) is 15.3. The highest BCUT2D eigenvalue weighted by Gasteiger charge is 2.40. The van der Waals surface area contributed by atoms with E-state index in [0.29, 0.717) is 4.90 Å². The fraction of sp³-hybridized carbons (Fsp3) is 0. The third-order valence-electron chi connectivity index (χ3n) is 4.88. The van der Waals surface area contributed by atoms with Gasteiger partial charge < -0.3 is 0 Å². The number of hydrogen-bond acceptors (Lipinski definition) is 4. The highest BCUT2D eigenvalue weighted by Crippen LogP contribution is 2.34. The normalized spacial score (nSPS) is 13.1. The second kappa shape index (κ2) is 8.82. The molecular formula is C24H12BrCl2NO4. The molecule has 1 aliphatic carbocycles. The van der Waals surface area contributed by atoms with Crippen molar-refractivity contribution >= 4 is 62.5 Å². The summed E-state index contributed by atoms with van der Waals surface area (Å²) in [5.74, 6) is -2.92. The quantitative estimate of drug-likeness (QED) is 0.393. The average Bonchev–Trinajstić information content (AvgIpc) is 2.80. The lowest BCUT2D eigenvalue weighted by Crippen LogP contribution is -2.42. The van der Waals surface area contributed by atoms with Crippen LogP contribution >= 0.6 is 39.1 Å². The molecule has 0 atom stereocenters. The van der Waals surface area contributed by atoms with Crippen LogP contribution in [-0.4, -0.2) is 28.3 Å². The fourth-order valence-electron chi connectivity index (χ4n) is 3.34. The van der Waals surface area contributed by atoms with E-state index in [1.165, 1.54) is 36.4 Å². The van der Waals surface area contributed by atoms with E-state index in [4.69, 9.17) is 23.2 Å². The lowest BCUT2D eigenvalue weighted by atomic mass is 9.91. The van der Waals surface area contributed by atoms with E-state index in [9.17, 15) is 19.2 Å². The van der Waals surface area contributed by atoms with Crippen molar-refractivity contribution in [1.82, 2.24) is 4.90 Å². The summed E-state index contributed by atoms with van der Waals surface area (Å²) in [6.07, 6.45) is 0. The van der Waals surface area contributed by atoms with Crippen LogP contribution < -0.4 is 0 Å². The molecule has 0 radical (unpaired) electrons. The molecule has 0 saturated carbocycles. The Bertz CT molecular complexity index is 1290. The van der Waals surface area contributed by atoms with Crippen LogP contribution in [0.3, 0.4) is 0 Å². The lowest BCUT2D eigenvalue weighted by molar-refractivity contribution is 0.0642. The zero-order valence-electron chi connectivity index (χ0n) is 16.1. The summed E-state index contributed by atoms with van der Waals surface area (Å²) >= 11 is 15.6. The molecule has 5 nitrogen and oxygen atoms in total. The van der Waals surface area contributed by atoms with Gasteiger partial charge in [0.2, 0.25) is 11.6 Å². The largest absolute Gasteiger partial charge is 0.288 e. The standard InChI is InChI=1S/C24H12BrCl2NO4/c25-19-20(22(30)14-8-2-1-7-13(14)21(19)29)28(23(31)15-9-3-5-11-17(15)26)24(32)16-10-4-6-12-18(16)27/h1-12H. The number of amides is 2. The molecule has 8 heteroatoms. The maximum absolute atomic E-state index is 13.6. The van der Waals surface area contributed by atoms with Crippen LogP contribution in [0.2, 0.25) is 10.0 Å². The first-order valence-corrected chi connectivity index (χ1v) is 10.8. The number of Topliss-reactive ketones (excluding diaryl/α,β-unsaturated/α-hetero) is 2. The van der Waals surface area contributed by atoms with E-state index < -0.39 is 29.1 Å². The number of carbonyl (C=O) groups is 4. The van der Waals surface area contributed by atoms with Crippen molar-refractivity contribution < 1.29 is 19.2 Å². The monoisotopic (exact) mass is 527 g/mol. The third-order valence-corrected chi connectivity index (χ3v) is 6.27. The number of rotatable bonds is 3. The molecule has 0 saturated heterocycles. The van der Waals surface area contributed by atoms with Crippen molar-refractivity contribution in [2.24, 2.45) is 0 Å². The van der Waals surface area contributed by atoms with Crippen molar-refractivity contribution in [3.05, 3.63) is 115 Å². The van der Waals surface area contributed by atoms with Gasteiger partial charge in [-0.3, -0.25) is 19.2 Å². The van der Waals surface area contributed by atoms with Crippen molar-refractivity contribution in [3.8, 4) is 0 Å². The van der Waals surface area contributed by atoms with Crippen molar-refractivity contribution in [2.75, 3.05) is 0 Å². The van der Waals surface area contributed by atoms with Crippen molar-refractivity contribution in [3.63, 3.8) is 0 Å². The van der Waals surface area contributed by atoms with Gasteiger partial charge in [0.15, 0.2) is 0 Å². The molecule has 3 aromatic carbocycles. The van der Waals surface area contributed by atoms with Gasteiger partial charge in [-0.05, 0) is 40.2 Å². The van der Waals surface area contributed by atoms with Crippen molar-refractivity contribution in [1.29, 1.82) is 0 Å². The molecule has 0 unspecified atom stereocenters. The molecule has 0 N–H and O–H groups in total. The minimum Gasteiger partial charge on any atom is -0.288 e. The maximum Gasteiger partial charge on any atom is 0.267 e. The van der Waals surface area contributed by atoms with Gasteiger partial charge in [0.05, 0.1) is 25.7 Å². The average molecular weight is 529 g/mol. The second-order valence-corrected chi connectivity index (χ2v) is 8.38. The Morgan fingerprint density at radius 3 is 1.53 bits per heavy atom. The van der Waals surface area contributed by atoms with Crippen LogP contribution in [0.5, 0.6) is 0 Å². The van der Waals surface area contributed by atoms with Gasteiger partial charge >= 0.3 is 0 Å². The van der Waals surface area contributed by atoms with Crippen LogP contribution in [-0.2, 0) is 0 Å². The molecule has 1 aliphatic rings. The summed E-state index contributed by atoms with van der Waals surface area (Å²) in [5.41, 5.74) is -0.172. The Labute approximate surface area is 201 Å². The molecule has 32 heavy (non-hydrogen) atoms. The molecule has 0 heterocycles. The summed E-state index contributed by atoms with van der Waals surface area (Å²) in [7, 11) is 0. The zero-order chi connectivity index (χ0) is 23.0. The van der Waals surface area contributed by atoms with E-state index in [1.807, 2.05) is 0 Å². The van der Waals surface area contributed by atoms with E-state index in [1.54, 1.807) is 36.4 Å². The van der Waals surface area contributed by atoms with E-state index in [2.05, 4.69) is 15.9 Å². The minimum atomic E-state index is -0.868. The Hall–Kier alpha value is -3.06. The van der Waals surface area contributed by atoms with Crippen LogP contribution in [0.15, 0.2) is 83.0 Å². The van der Waals surface area contributed by atoms with Gasteiger partial charge in [-0.15, -0.1) is 0 Å². The van der Waals surface area contributed by atoms with E-state index >= 15 is 0 Å². The molecule has 0 spiro atoms. The molecule has 2 amide bonds. The second-order valence-electron chi connectivity index (χ2n) is 6.77. The summed E-state index contributed by atoms with van der Waals surface area (Å²) in [6.45, 7) is 0. The van der Waals surface area contributed by atoms with Crippen LogP contribution in [0.25, 0.3) is 0 Å². The number of hydrogen-bond donors (Lipinski definition) is 0. The SMILES string of the molecule is O=C1C(Br)=C(N(C(=O)c2ccccc2Cl)C(=O)c2ccccc2Cl)C(=O)c2ccccc21. The molecule has 0 aromatic heterocycles. The number of nitrogens with zero attached hydrogens (tertiary/aromatic N) is 1. The topological polar surface area (TPSA) is 71.5 Å². The van der Waals surface area contributed by atoms with Gasteiger partial charge in [0.25, 0.3) is 11.8 Å². The van der Waals surface area contributed by atoms with E-state index in [-0.39, 0.29) is 36.8 Å². The van der Waals surface area contributed by atoms with Crippen molar-refractivity contribution in [2.45, 2.75) is 0 Å². The van der Waals surface area contributed by atoms with E-state index in [0.717, 1.165) is 0 Å². The Kier molecular flexibility index (Phi) is 6.11. The lowest BCUT2D eigenvalue weighted by Gasteiger charge is -2.27. The first kappa shape index (κ1) is 22.1. The molecular weight excluding hydrogens is 517 g/mol. The Morgan fingerprint density at radius 2 is 1.06 bits per heavy atom. The number of benzene rings is 3. The minimum absolute atomic E-state index is 0.0125. The molecule has 4 rings (SSSR count). The smallest absolute Gasteiger partial charge is 0.267 e. The molecule has 3 aromatic rings. The molecule has 158 valence electrons. The third kappa shape index (κ3) is 3.71. The van der Waals surface area contributed by atoms with Crippen LogP contribution in [0.4, 0.5) is 0 Å². The Balaban J connectivity index is 1.95. The van der Waals surface area contributed by atoms with Crippen LogP contribution in [0.1, 0.15) is 41.4 Å². The number of fused-ring (bicyclic) bond motifs is 1. The summed E-state index contributed by atoms with van der Waals surface area (Å²) < 4.78 is -0.206. The van der Waals surface area contributed by atoms with Gasteiger partial charge in [0.1, 0.15) is 5.70 Å². The highest BCUT2D eigenvalue weighted by atomic mass is 79.9. The number of ketones is 2. The first-order valence-electron chi connectivity index (χ1n) is 9.29. The fourth-order valence-corrected chi connectivity index (χ4v) is 4.34. The summed E-state index contributed by atoms with van der Waals surface area (Å²) in [5, 5.41) is 0.169. The van der Waals surface area contributed by atoms with Gasteiger partial charge in [-0.25, -0.2) is 4.90 Å². The predicted octanol–water partition coefficient (Wildman–Crippen LogP) is 5.96. The summed E-state index contributed by atoms with van der Waals surface area (Å²) in [4.78, 5) is 54.1.